The highest BCUT2D eigenvalue weighted by Crippen LogP contribution is 2.30. The number of aromatic nitrogens is 1. The van der Waals surface area contributed by atoms with Gasteiger partial charge in [0.25, 0.3) is 11.5 Å². The number of nitrogens with zero attached hydrogens (tertiary/aromatic N) is 2. The Bertz CT molecular complexity index is 1260. The number of para-hydroxylation sites is 1. The molecule has 0 aliphatic carbocycles. The Balaban J connectivity index is 1.40. The van der Waals surface area contributed by atoms with E-state index in [0.717, 1.165) is 41.7 Å². The largest absolute Gasteiger partial charge is 0.351 e. The van der Waals surface area contributed by atoms with E-state index >= 15 is 0 Å². The smallest absolute Gasteiger partial charge is 0.261 e. The summed E-state index contributed by atoms with van der Waals surface area (Å²) < 4.78 is 2.53. The summed E-state index contributed by atoms with van der Waals surface area (Å²) in [5.41, 5.74) is 2.11. The van der Waals surface area contributed by atoms with Crippen LogP contribution in [0.2, 0.25) is 0 Å². The molecule has 31 heavy (non-hydrogen) atoms. The van der Waals surface area contributed by atoms with E-state index < -0.39 is 0 Å². The van der Waals surface area contributed by atoms with Crippen molar-refractivity contribution in [1.82, 2.24) is 14.8 Å². The van der Waals surface area contributed by atoms with Gasteiger partial charge in [-0.1, -0.05) is 55.5 Å². The van der Waals surface area contributed by atoms with Crippen LogP contribution in [0.1, 0.15) is 28.6 Å². The molecule has 1 amide bonds. The van der Waals surface area contributed by atoms with E-state index in [1.807, 2.05) is 30.3 Å². The highest BCUT2D eigenvalue weighted by Gasteiger charge is 2.16. The van der Waals surface area contributed by atoms with Crippen LogP contribution < -0.4 is 10.9 Å². The van der Waals surface area contributed by atoms with Crippen molar-refractivity contribution in [3.05, 3.63) is 81.5 Å². The van der Waals surface area contributed by atoms with Gasteiger partial charge in [-0.15, -0.1) is 11.3 Å². The second-order valence-corrected chi connectivity index (χ2v) is 8.75. The maximum Gasteiger partial charge on any atom is 0.261 e. The molecule has 0 aliphatic rings. The molecule has 160 valence electrons. The number of nitrogens with one attached hydrogen (secondary N) is 1. The monoisotopic (exact) mass is 433 g/mol. The fraction of sp³-hybridized carbons (Fsp3) is 0.280. The lowest BCUT2D eigenvalue weighted by Gasteiger charge is -2.20. The lowest BCUT2D eigenvalue weighted by atomic mass is 10.2. The van der Waals surface area contributed by atoms with Gasteiger partial charge in [0.15, 0.2) is 0 Å². The number of benzene rings is 2. The average molecular weight is 434 g/mol. The normalized spacial score (nSPS) is 11.5. The zero-order chi connectivity index (χ0) is 21.8. The Kier molecular flexibility index (Phi) is 6.49. The number of thiophene rings is 1. The minimum absolute atomic E-state index is 0.0662. The van der Waals surface area contributed by atoms with E-state index in [1.165, 1.54) is 16.9 Å². The van der Waals surface area contributed by atoms with Gasteiger partial charge in [-0.2, -0.15) is 0 Å². The zero-order valence-electron chi connectivity index (χ0n) is 17.9. The molecule has 0 bridgehead atoms. The third-order valence-corrected chi connectivity index (χ3v) is 6.80. The van der Waals surface area contributed by atoms with Gasteiger partial charge in [-0.05, 0) is 30.7 Å². The minimum atomic E-state index is -0.113. The summed E-state index contributed by atoms with van der Waals surface area (Å²) >= 11 is 1.39. The summed E-state index contributed by atoms with van der Waals surface area (Å²) in [6.07, 6.45) is 0.877. The molecule has 2 aromatic heterocycles. The Morgan fingerprint density at radius 3 is 2.58 bits per heavy atom. The van der Waals surface area contributed by atoms with Gasteiger partial charge in [0.2, 0.25) is 0 Å². The highest BCUT2D eigenvalue weighted by atomic mass is 32.1. The van der Waals surface area contributed by atoms with Crippen molar-refractivity contribution in [3.8, 4) is 0 Å². The molecule has 1 N–H and O–H groups in total. The van der Waals surface area contributed by atoms with Crippen LogP contribution in [0.25, 0.3) is 21.0 Å². The Hall–Kier alpha value is -2.96. The molecule has 0 spiro atoms. The van der Waals surface area contributed by atoms with Crippen molar-refractivity contribution in [1.29, 1.82) is 0 Å². The number of amides is 1. The summed E-state index contributed by atoms with van der Waals surface area (Å²) in [6, 6.07) is 20.0. The number of hydrogen-bond donors (Lipinski definition) is 1. The van der Waals surface area contributed by atoms with Gasteiger partial charge in [0, 0.05) is 36.8 Å². The van der Waals surface area contributed by atoms with Crippen LogP contribution in [0.5, 0.6) is 0 Å². The van der Waals surface area contributed by atoms with Crippen LogP contribution in [0, 0.1) is 0 Å². The Morgan fingerprint density at radius 2 is 1.81 bits per heavy atom. The van der Waals surface area contributed by atoms with Gasteiger partial charge >= 0.3 is 0 Å². The molecule has 0 unspecified atom stereocenters. The SMILES string of the molecule is CCN(CCCNC(=O)c1cc2c(=O)n(C)c3ccccc3c2s1)Cc1ccccc1. The quantitative estimate of drug-likeness (QED) is 0.419. The van der Waals surface area contributed by atoms with E-state index in [9.17, 15) is 9.59 Å². The molecular weight excluding hydrogens is 406 g/mol. The van der Waals surface area contributed by atoms with Gasteiger partial charge in [0.1, 0.15) is 0 Å². The summed E-state index contributed by atoms with van der Waals surface area (Å²) in [5.74, 6) is -0.113. The first kappa shape index (κ1) is 21.3. The van der Waals surface area contributed by atoms with Crippen molar-refractivity contribution in [2.24, 2.45) is 7.05 Å². The van der Waals surface area contributed by atoms with Crippen LogP contribution in [0.3, 0.4) is 0 Å². The summed E-state index contributed by atoms with van der Waals surface area (Å²) in [7, 11) is 1.77. The molecule has 0 radical (unpaired) electrons. The van der Waals surface area contributed by atoms with Gasteiger partial charge in [0.05, 0.1) is 15.8 Å². The van der Waals surface area contributed by atoms with Gasteiger partial charge in [-0.25, -0.2) is 0 Å². The molecule has 0 saturated carbocycles. The summed E-state index contributed by atoms with van der Waals surface area (Å²) in [6.45, 7) is 5.57. The predicted molar refractivity (Wildman–Crippen MR) is 129 cm³/mol. The third-order valence-electron chi connectivity index (χ3n) is 5.63. The van der Waals surface area contributed by atoms with Crippen LogP contribution >= 0.6 is 11.3 Å². The van der Waals surface area contributed by atoms with Crippen molar-refractivity contribution in [2.75, 3.05) is 19.6 Å². The molecule has 6 heteroatoms. The average Bonchev–Trinajstić information content (AvgIpc) is 3.26. The molecule has 2 heterocycles. The molecule has 4 rings (SSSR count). The Morgan fingerprint density at radius 1 is 1.06 bits per heavy atom. The molecule has 0 aliphatic heterocycles. The molecular formula is C25H27N3O2S. The van der Waals surface area contributed by atoms with Crippen LogP contribution in [0.15, 0.2) is 65.5 Å². The molecule has 0 saturated heterocycles. The van der Waals surface area contributed by atoms with E-state index in [2.05, 4.69) is 41.4 Å². The molecule has 5 nitrogen and oxygen atoms in total. The number of fused-ring (bicyclic) bond motifs is 3. The lowest BCUT2D eigenvalue weighted by Crippen LogP contribution is -2.29. The molecule has 0 atom stereocenters. The zero-order valence-corrected chi connectivity index (χ0v) is 18.7. The van der Waals surface area contributed by atoms with E-state index in [4.69, 9.17) is 0 Å². The maximum absolute atomic E-state index is 12.7. The first-order valence-electron chi connectivity index (χ1n) is 10.6. The number of aryl methyl sites for hydroxylation is 1. The number of carbonyl (C=O) groups excluding carboxylic acids is 1. The first-order chi connectivity index (χ1) is 15.1. The van der Waals surface area contributed by atoms with Crippen molar-refractivity contribution < 1.29 is 4.79 Å². The third kappa shape index (κ3) is 4.55. The lowest BCUT2D eigenvalue weighted by molar-refractivity contribution is 0.0955. The Labute approximate surface area is 185 Å². The second kappa shape index (κ2) is 9.45. The van der Waals surface area contributed by atoms with Crippen LogP contribution in [0.4, 0.5) is 0 Å². The number of carbonyl (C=O) groups is 1. The second-order valence-electron chi connectivity index (χ2n) is 7.70. The predicted octanol–water partition coefficient (Wildman–Crippen LogP) is 4.40. The van der Waals surface area contributed by atoms with E-state index in [-0.39, 0.29) is 11.5 Å². The maximum atomic E-state index is 12.7. The molecule has 4 aromatic rings. The van der Waals surface area contributed by atoms with Gasteiger partial charge in [-0.3, -0.25) is 14.5 Å². The fourth-order valence-corrected chi connectivity index (χ4v) is 4.99. The van der Waals surface area contributed by atoms with E-state index in [0.29, 0.717) is 16.8 Å². The standard InChI is InChI=1S/C25H27N3O2S/c1-3-28(17-18-10-5-4-6-11-18)15-9-14-26-24(29)22-16-20-23(31-22)19-12-7-8-13-21(19)27(2)25(20)30/h4-8,10-13,16H,3,9,14-15,17H2,1-2H3,(H,26,29). The number of rotatable bonds is 8. The van der Waals surface area contributed by atoms with E-state index in [1.54, 1.807) is 17.7 Å². The summed E-state index contributed by atoms with van der Waals surface area (Å²) in [5, 5.41) is 4.63. The van der Waals surface area contributed by atoms with Crippen LogP contribution in [-0.2, 0) is 13.6 Å². The van der Waals surface area contributed by atoms with Crippen molar-refractivity contribution in [2.45, 2.75) is 19.9 Å². The summed E-state index contributed by atoms with van der Waals surface area (Å²) in [4.78, 5) is 28.4. The topological polar surface area (TPSA) is 54.3 Å². The first-order valence-corrected chi connectivity index (χ1v) is 11.5. The van der Waals surface area contributed by atoms with Gasteiger partial charge < -0.3 is 9.88 Å². The van der Waals surface area contributed by atoms with Crippen molar-refractivity contribution in [3.63, 3.8) is 0 Å². The molecule has 0 fully saturated rings. The van der Waals surface area contributed by atoms with Crippen molar-refractivity contribution >= 4 is 38.2 Å². The number of pyridine rings is 1. The minimum Gasteiger partial charge on any atom is -0.351 e. The number of hydrogen-bond acceptors (Lipinski definition) is 4. The highest BCUT2D eigenvalue weighted by molar-refractivity contribution is 7.21. The van der Waals surface area contributed by atoms with Crippen LogP contribution in [-0.4, -0.2) is 35.0 Å². The molecule has 2 aromatic carbocycles. The fourth-order valence-electron chi connectivity index (χ4n) is 3.89.